The number of nitrogens with zero attached hydrogens (tertiary/aromatic N) is 1. The highest BCUT2D eigenvalue weighted by molar-refractivity contribution is 5.32. The van der Waals surface area contributed by atoms with Crippen LogP contribution in [0.4, 0.5) is 0 Å². The van der Waals surface area contributed by atoms with Crippen LogP contribution in [0.5, 0.6) is 0 Å². The molecule has 0 amide bonds. The SMILES string of the molecule is C=C1CCN(C)C/C1=C/C(CC)OCC. The second kappa shape index (κ2) is 6.09. The van der Waals surface area contributed by atoms with Gasteiger partial charge in [0.1, 0.15) is 0 Å². The normalized spacial score (nSPS) is 23.4. The van der Waals surface area contributed by atoms with E-state index in [0.717, 1.165) is 32.5 Å². The van der Waals surface area contributed by atoms with Gasteiger partial charge in [-0.15, -0.1) is 0 Å². The minimum Gasteiger partial charge on any atom is -0.374 e. The van der Waals surface area contributed by atoms with E-state index < -0.39 is 0 Å². The number of piperidine rings is 1. The maximum absolute atomic E-state index is 5.64. The zero-order chi connectivity index (χ0) is 11.3. The van der Waals surface area contributed by atoms with Gasteiger partial charge in [-0.2, -0.15) is 0 Å². The molecule has 0 aromatic heterocycles. The summed E-state index contributed by atoms with van der Waals surface area (Å²) < 4.78 is 5.64. The predicted octanol–water partition coefficient (Wildman–Crippen LogP) is 2.62. The van der Waals surface area contributed by atoms with Gasteiger partial charge in [0, 0.05) is 19.7 Å². The third-order valence-corrected chi connectivity index (χ3v) is 2.86. The highest BCUT2D eigenvalue weighted by Crippen LogP contribution is 2.20. The van der Waals surface area contributed by atoms with Crippen molar-refractivity contribution in [3.63, 3.8) is 0 Å². The van der Waals surface area contributed by atoms with Crippen LogP contribution in [0.3, 0.4) is 0 Å². The Labute approximate surface area is 93.6 Å². The summed E-state index contributed by atoms with van der Waals surface area (Å²) in [6.07, 6.45) is 4.63. The second-order valence-corrected chi connectivity index (χ2v) is 4.19. The molecule has 2 nitrogen and oxygen atoms in total. The van der Waals surface area contributed by atoms with Gasteiger partial charge in [0.2, 0.25) is 0 Å². The van der Waals surface area contributed by atoms with Gasteiger partial charge < -0.3 is 9.64 Å². The van der Waals surface area contributed by atoms with Crippen LogP contribution in [0.2, 0.25) is 0 Å². The Kier molecular flexibility index (Phi) is 5.06. The molecule has 2 heteroatoms. The maximum atomic E-state index is 5.64. The van der Waals surface area contributed by atoms with Crippen molar-refractivity contribution in [1.29, 1.82) is 0 Å². The molecule has 0 radical (unpaired) electrons. The molecule has 1 aliphatic rings. The highest BCUT2D eigenvalue weighted by Gasteiger charge is 2.15. The van der Waals surface area contributed by atoms with Crippen molar-refractivity contribution in [1.82, 2.24) is 4.90 Å². The Morgan fingerprint density at radius 1 is 1.53 bits per heavy atom. The molecule has 86 valence electrons. The van der Waals surface area contributed by atoms with E-state index in [1.54, 1.807) is 0 Å². The van der Waals surface area contributed by atoms with Crippen LogP contribution in [0.25, 0.3) is 0 Å². The fraction of sp³-hybridized carbons (Fsp3) is 0.692. The fourth-order valence-corrected chi connectivity index (χ4v) is 1.86. The summed E-state index contributed by atoms with van der Waals surface area (Å²) in [7, 11) is 2.15. The zero-order valence-electron chi connectivity index (χ0n) is 10.3. The molecule has 0 N–H and O–H groups in total. The number of ether oxygens (including phenoxy) is 1. The summed E-state index contributed by atoms with van der Waals surface area (Å²) >= 11 is 0. The van der Waals surface area contributed by atoms with Crippen molar-refractivity contribution < 1.29 is 4.74 Å². The van der Waals surface area contributed by atoms with Gasteiger partial charge in [0.25, 0.3) is 0 Å². The van der Waals surface area contributed by atoms with E-state index in [4.69, 9.17) is 4.74 Å². The van der Waals surface area contributed by atoms with Crippen molar-refractivity contribution in [3.05, 3.63) is 23.8 Å². The lowest BCUT2D eigenvalue weighted by atomic mass is 9.98. The van der Waals surface area contributed by atoms with Crippen LogP contribution in [-0.2, 0) is 4.74 Å². The molecule has 1 heterocycles. The molecule has 0 aromatic rings. The summed E-state index contributed by atoms with van der Waals surface area (Å²) in [5.74, 6) is 0. The van der Waals surface area contributed by atoms with Gasteiger partial charge in [0.15, 0.2) is 0 Å². The van der Waals surface area contributed by atoms with E-state index in [1.807, 2.05) is 6.92 Å². The van der Waals surface area contributed by atoms with Crippen molar-refractivity contribution in [2.24, 2.45) is 0 Å². The van der Waals surface area contributed by atoms with Crippen LogP contribution >= 0.6 is 0 Å². The summed E-state index contributed by atoms with van der Waals surface area (Å²) in [5, 5.41) is 0. The molecule has 1 rings (SSSR count). The van der Waals surface area contributed by atoms with Gasteiger partial charge >= 0.3 is 0 Å². The largest absolute Gasteiger partial charge is 0.374 e. The number of hydrogen-bond acceptors (Lipinski definition) is 2. The molecule has 0 aliphatic carbocycles. The molecule has 0 aromatic carbocycles. The molecular formula is C13H23NO. The Morgan fingerprint density at radius 2 is 2.27 bits per heavy atom. The molecular weight excluding hydrogens is 186 g/mol. The molecule has 1 fully saturated rings. The van der Waals surface area contributed by atoms with Crippen LogP contribution in [0.15, 0.2) is 23.8 Å². The monoisotopic (exact) mass is 209 g/mol. The van der Waals surface area contributed by atoms with Gasteiger partial charge in [-0.05, 0) is 38.0 Å². The Balaban J connectivity index is 2.65. The maximum Gasteiger partial charge on any atom is 0.0759 e. The minimum absolute atomic E-state index is 0.258. The topological polar surface area (TPSA) is 12.5 Å². The number of rotatable bonds is 4. The number of likely N-dealkylation sites (N-methyl/N-ethyl adjacent to an activating group) is 1. The molecule has 1 aliphatic heterocycles. The first-order valence-corrected chi connectivity index (χ1v) is 5.86. The average Bonchev–Trinajstić information content (AvgIpc) is 2.22. The van der Waals surface area contributed by atoms with Crippen LogP contribution in [0.1, 0.15) is 26.7 Å². The van der Waals surface area contributed by atoms with Crippen molar-refractivity contribution in [3.8, 4) is 0 Å². The lowest BCUT2D eigenvalue weighted by Gasteiger charge is -2.27. The van der Waals surface area contributed by atoms with E-state index in [0.29, 0.717) is 0 Å². The minimum atomic E-state index is 0.258. The lowest BCUT2D eigenvalue weighted by Crippen LogP contribution is -2.29. The van der Waals surface area contributed by atoms with E-state index in [9.17, 15) is 0 Å². The lowest BCUT2D eigenvalue weighted by molar-refractivity contribution is 0.0929. The predicted molar refractivity (Wildman–Crippen MR) is 65.0 cm³/mol. The summed E-state index contributed by atoms with van der Waals surface area (Å²) in [6, 6.07) is 0. The summed E-state index contributed by atoms with van der Waals surface area (Å²) in [4.78, 5) is 2.33. The van der Waals surface area contributed by atoms with E-state index >= 15 is 0 Å². The first kappa shape index (κ1) is 12.5. The van der Waals surface area contributed by atoms with Crippen molar-refractivity contribution in [2.75, 3.05) is 26.7 Å². The van der Waals surface area contributed by atoms with Gasteiger partial charge in [0.05, 0.1) is 6.10 Å². The first-order valence-electron chi connectivity index (χ1n) is 5.86. The Bertz CT molecular complexity index is 245. The van der Waals surface area contributed by atoms with Crippen LogP contribution < -0.4 is 0 Å². The van der Waals surface area contributed by atoms with E-state index in [2.05, 4.69) is 31.5 Å². The molecule has 1 atom stereocenters. The quantitative estimate of drug-likeness (QED) is 0.705. The van der Waals surface area contributed by atoms with Gasteiger partial charge in [-0.3, -0.25) is 0 Å². The Morgan fingerprint density at radius 3 is 2.87 bits per heavy atom. The van der Waals surface area contributed by atoms with E-state index in [1.165, 1.54) is 11.1 Å². The average molecular weight is 209 g/mol. The number of hydrogen-bond donors (Lipinski definition) is 0. The molecule has 1 saturated heterocycles. The molecule has 0 bridgehead atoms. The molecule has 0 spiro atoms. The summed E-state index contributed by atoms with van der Waals surface area (Å²) in [5.41, 5.74) is 2.65. The third-order valence-electron chi connectivity index (χ3n) is 2.86. The molecule has 15 heavy (non-hydrogen) atoms. The van der Waals surface area contributed by atoms with Crippen LogP contribution in [-0.4, -0.2) is 37.7 Å². The van der Waals surface area contributed by atoms with Gasteiger partial charge in [-0.25, -0.2) is 0 Å². The standard InChI is InChI=1S/C13H23NO/c1-5-13(15-6-2)9-12-10-14(4)8-7-11(12)3/h9,13H,3,5-8,10H2,1-2,4H3/b12-9-. The second-order valence-electron chi connectivity index (χ2n) is 4.19. The molecule has 0 saturated carbocycles. The highest BCUT2D eigenvalue weighted by atomic mass is 16.5. The van der Waals surface area contributed by atoms with Crippen molar-refractivity contribution >= 4 is 0 Å². The Hall–Kier alpha value is -0.600. The van der Waals surface area contributed by atoms with Gasteiger partial charge in [-0.1, -0.05) is 19.6 Å². The third kappa shape index (κ3) is 3.80. The number of likely N-dealkylation sites (tertiary alicyclic amines) is 1. The summed E-state index contributed by atoms with van der Waals surface area (Å²) in [6.45, 7) is 11.3. The van der Waals surface area contributed by atoms with Crippen LogP contribution in [0, 0.1) is 0 Å². The van der Waals surface area contributed by atoms with E-state index in [-0.39, 0.29) is 6.10 Å². The smallest absolute Gasteiger partial charge is 0.0759 e. The zero-order valence-corrected chi connectivity index (χ0v) is 10.3. The van der Waals surface area contributed by atoms with Crippen molar-refractivity contribution in [2.45, 2.75) is 32.8 Å². The first-order chi connectivity index (χ1) is 7.17. The fourth-order valence-electron chi connectivity index (χ4n) is 1.86. The molecule has 1 unspecified atom stereocenters.